The molecule has 11 heavy (non-hydrogen) atoms. The summed E-state index contributed by atoms with van der Waals surface area (Å²) in [5, 5.41) is 11.6. The van der Waals surface area contributed by atoms with E-state index < -0.39 is 6.10 Å². The molecule has 4 heteroatoms. The van der Waals surface area contributed by atoms with Crippen molar-refractivity contribution in [3.8, 4) is 0 Å². The molecule has 0 heterocycles. The number of ether oxygens (including phenoxy) is 1. The van der Waals surface area contributed by atoms with Gasteiger partial charge in [0.25, 0.3) is 0 Å². The largest absolute Gasteiger partial charge is 0.468 e. The number of carbonyl (C=O) groups is 1. The van der Waals surface area contributed by atoms with E-state index in [9.17, 15) is 4.79 Å². The summed E-state index contributed by atoms with van der Waals surface area (Å²) in [5.74, 6) is -0.314. The van der Waals surface area contributed by atoms with Crippen molar-refractivity contribution in [2.45, 2.75) is 26.0 Å². The molecule has 0 aliphatic rings. The van der Waals surface area contributed by atoms with Gasteiger partial charge in [-0.15, -0.1) is 0 Å². The molecule has 0 spiro atoms. The molecular formula is C7H15NO3. The Bertz CT molecular complexity index is 125. The molecule has 2 atom stereocenters. The van der Waals surface area contributed by atoms with Crippen molar-refractivity contribution in [2.24, 2.45) is 0 Å². The van der Waals surface area contributed by atoms with Crippen LogP contribution in [0.25, 0.3) is 0 Å². The Balaban J connectivity index is 3.52. The van der Waals surface area contributed by atoms with Crippen molar-refractivity contribution in [1.29, 1.82) is 0 Å². The van der Waals surface area contributed by atoms with E-state index in [0.29, 0.717) is 6.54 Å². The number of hydrogen-bond donors (Lipinski definition) is 2. The molecule has 0 bridgehead atoms. The maximum Gasteiger partial charge on any atom is 0.322 e. The molecule has 0 saturated heterocycles. The lowest BCUT2D eigenvalue weighted by Crippen LogP contribution is -2.38. The highest BCUT2D eigenvalue weighted by molar-refractivity contribution is 5.75. The minimum absolute atomic E-state index is 0.314. The van der Waals surface area contributed by atoms with Crippen LogP contribution in [0, 0.1) is 0 Å². The van der Waals surface area contributed by atoms with Crippen molar-refractivity contribution in [3.05, 3.63) is 0 Å². The Morgan fingerprint density at radius 3 is 2.55 bits per heavy atom. The number of aliphatic hydroxyl groups excluding tert-OH is 1. The van der Waals surface area contributed by atoms with Crippen molar-refractivity contribution in [2.75, 3.05) is 13.7 Å². The van der Waals surface area contributed by atoms with Gasteiger partial charge < -0.3 is 15.2 Å². The van der Waals surface area contributed by atoms with Gasteiger partial charge in [0, 0.05) is 6.54 Å². The first kappa shape index (κ1) is 10.4. The van der Waals surface area contributed by atoms with Crippen LogP contribution in [-0.2, 0) is 9.53 Å². The fourth-order valence-corrected chi connectivity index (χ4v) is 0.607. The third-order valence-corrected chi connectivity index (χ3v) is 1.27. The number of carbonyl (C=O) groups excluding carboxylic acids is 1. The number of aliphatic hydroxyl groups is 1. The van der Waals surface area contributed by atoms with Crippen LogP contribution in [0.4, 0.5) is 0 Å². The van der Waals surface area contributed by atoms with Gasteiger partial charge in [0.15, 0.2) is 0 Å². The zero-order chi connectivity index (χ0) is 8.85. The highest BCUT2D eigenvalue weighted by Gasteiger charge is 2.11. The lowest BCUT2D eigenvalue weighted by atomic mass is 10.3. The van der Waals surface area contributed by atoms with Gasteiger partial charge in [0.2, 0.25) is 0 Å². The molecule has 0 saturated carbocycles. The van der Waals surface area contributed by atoms with Crippen LogP contribution in [0.2, 0.25) is 0 Å². The SMILES string of the molecule is COC(=O)[C@H](C)NC[C@@H](C)O. The molecule has 4 nitrogen and oxygen atoms in total. The van der Waals surface area contributed by atoms with Crippen LogP contribution in [0.1, 0.15) is 13.8 Å². The van der Waals surface area contributed by atoms with Gasteiger partial charge in [0.1, 0.15) is 6.04 Å². The number of rotatable bonds is 4. The zero-order valence-corrected chi connectivity index (χ0v) is 7.13. The monoisotopic (exact) mass is 161 g/mol. The molecule has 0 fully saturated rings. The summed E-state index contributed by atoms with van der Waals surface area (Å²) in [6, 6.07) is -0.352. The Morgan fingerprint density at radius 1 is 1.64 bits per heavy atom. The molecule has 0 amide bonds. The van der Waals surface area contributed by atoms with E-state index in [0.717, 1.165) is 0 Å². The zero-order valence-electron chi connectivity index (χ0n) is 7.13. The minimum Gasteiger partial charge on any atom is -0.468 e. The molecule has 0 aromatic rings. The first-order valence-electron chi connectivity index (χ1n) is 3.57. The quantitative estimate of drug-likeness (QED) is 0.547. The molecule has 0 unspecified atom stereocenters. The van der Waals surface area contributed by atoms with E-state index in [1.165, 1.54) is 7.11 Å². The summed E-state index contributed by atoms with van der Waals surface area (Å²) in [7, 11) is 1.34. The van der Waals surface area contributed by atoms with Gasteiger partial charge in [-0.05, 0) is 13.8 Å². The summed E-state index contributed by atoms with van der Waals surface area (Å²) < 4.78 is 4.46. The molecule has 66 valence electrons. The second-order valence-electron chi connectivity index (χ2n) is 2.50. The summed E-state index contributed by atoms with van der Waals surface area (Å²) in [5.41, 5.74) is 0. The van der Waals surface area contributed by atoms with Crippen LogP contribution >= 0.6 is 0 Å². The van der Waals surface area contributed by atoms with Gasteiger partial charge in [-0.3, -0.25) is 4.79 Å². The first-order chi connectivity index (χ1) is 5.07. The summed E-state index contributed by atoms with van der Waals surface area (Å²) in [6.07, 6.45) is -0.442. The van der Waals surface area contributed by atoms with E-state index in [2.05, 4.69) is 10.1 Å². The Kier molecular flexibility index (Phi) is 4.81. The van der Waals surface area contributed by atoms with Gasteiger partial charge in [-0.1, -0.05) is 0 Å². The Labute approximate surface area is 66.5 Å². The number of nitrogens with one attached hydrogen (secondary N) is 1. The maximum absolute atomic E-state index is 10.8. The summed E-state index contributed by atoms with van der Waals surface area (Å²) >= 11 is 0. The number of hydrogen-bond acceptors (Lipinski definition) is 4. The van der Waals surface area contributed by atoms with Crippen LogP contribution in [0.5, 0.6) is 0 Å². The lowest BCUT2D eigenvalue weighted by molar-refractivity contribution is -0.142. The topological polar surface area (TPSA) is 58.6 Å². The van der Waals surface area contributed by atoms with Crippen LogP contribution in [0.3, 0.4) is 0 Å². The van der Waals surface area contributed by atoms with E-state index in [4.69, 9.17) is 5.11 Å². The number of methoxy groups -OCH3 is 1. The average Bonchev–Trinajstić information content (AvgIpc) is 1.98. The summed E-state index contributed by atoms with van der Waals surface area (Å²) in [4.78, 5) is 10.8. The third-order valence-electron chi connectivity index (χ3n) is 1.27. The van der Waals surface area contributed by atoms with Crippen molar-refractivity contribution < 1.29 is 14.6 Å². The van der Waals surface area contributed by atoms with Crippen molar-refractivity contribution >= 4 is 5.97 Å². The summed E-state index contributed by atoms with van der Waals surface area (Å²) in [6.45, 7) is 3.74. The van der Waals surface area contributed by atoms with Gasteiger partial charge >= 0.3 is 5.97 Å². The smallest absolute Gasteiger partial charge is 0.322 e. The second kappa shape index (κ2) is 5.09. The molecule has 0 aliphatic heterocycles. The van der Waals surface area contributed by atoms with Crippen molar-refractivity contribution in [3.63, 3.8) is 0 Å². The fourth-order valence-electron chi connectivity index (χ4n) is 0.607. The Morgan fingerprint density at radius 2 is 2.18 bits per heavy atom. The lowest BCUT2D eigenvalue weighted by Gasteiger charge is -2.12. The molecule has 0 rings (SSSR count). The van der Waals surface area contributed by atoms with Gasteiger partial charge in [0.05, 0.1) is 13.2 Å². The molecular weight excluding hydrogens is 146 g/mol. The van der Waals surface area contributed by atoms with Crippen LogP contribution in [-0.4, -0.2) is 36.9 Å². The first-order valence-corrected chi connectivity index (χ1v) is 3.57. The molecule has 0 aromatic heterocycles. The molecule has 0 radical (unpaired) electrons. The highest BCUT2D eigenvalue weighted by atomic mass is 16.5. The molecule has 2 N–H and O–H groups in total. The molecule has 0 aliphatic carbocycles. The third kappa shape index (κ3) is 4.75. The minimum atomic E-state index is -0.442. The number of esters is 1. The normalized spacial score (nSPS) is 15.6. The van der Waals surface area contributed by atoms with Gasteiger partial charge in [-0.25, -0.2) is 0 Å². The van der Waals surface area contributed by atoms with E-state index in [-0.39, 0.29) is 12.0 Å². The van der Waals surface area contributed by atoms with E-state index in [1.54, 1.807) is 13.8 Å². The second-order valence-corrected chi connectivity index (χ2v) is 2.50. The molecule has 0 aromatic carbocycles. The van der Waals surface area contributed by atoms with Crippen molar-refractivity contribution in [1.82, 2.24) is 5.32 Å². The standard InChI is InChI=1S/C7H15NO3/c1-5(9)4-8-6(2)7(10)11-3/h5-6,8-9H,4H2,1-3H3/t5-,6+/m1/s1. The maximum atomic E-state index is 10.8. The Hall–Kier alpha value is -0.610. The van der Waals surface area contributed by atoms with E-state index >= 15 is 0 Å². The van der Waals surface area contributed by atoms with Gasteiger partial charge in [-0.2, -0.15) is 0 Å². The average molecular weight is 161 g/mol. The van der Waals surface area contributed by atoms with Crippen LogP contribution < -0.4 is 5.32 Å². The van der Waals surface area contributed by atoms with Crippen LogP contribution in [0.15, 0.2) is 0 Å². The predicted octanol–water partition coefficient (Wildman–Crippen LogP) is -0.482. The highest BCUT2D eigenvalue weighted by Crippen LogP contribution is 1.86. The fraction of sp³-hybridized carbons (Fsp3) is 0.857. The predicted molar refractivity (Wildman–Crippen MR) is 41.2 cm³/mol. The van der Waals surface area contributed by atoms with E-state index in [1.807, 2.05) is 0 Å².